The largest absolute Gasteiger partial charge is 0.458 e. The van der Waals surface area contributed by atoms with E-state index in [2.05, 4.69) is 19.9 Å². The van der Waals surface area contributed by atoms with Gasteiger partial charge < -0.3 is 9.84 Å². The summed E-state index contributed by atoms with van der Waals surface area (Å²) >= 11 is 0. The van der Waals surface area contributed by atoms with E-state index in [1.165, 1.54) is 12.8 Å². The number of aliphatic hydroxyl groups excluding tert-OH is 1. The second kappa shape index (κ2) is 8.82. The van der Waals surface area contributed by atoms with E-state index >= 15 is 0 Å². The number of hydrogen-bond donors (Lipinski definition) is 1. The van der Waals surface area contributed by atoms with Gasteiger partial charge in [-0.25, -0.2) is 4.79 Å². The Hall–Kier alpha value is -1.61. The summed E-state index contributed by atoms with van der Waals surface area (Å²) in [6.45, 7) is 8.77. The van der Waals surface area contributed by atoms with E-state index in [1.54, 1.807) is 0 Å². The molecule has 0 bridgehead atoms. The molecule has 1 aromatic rings. The standard InChI is InChI=1S/C25H36O3/c1-17(2)22(26)15-12-18(3)20-13-14-21-23(11-8-16-25(20,21)4)28-24(27)19-9-6-5-7-10-19/h5-7,9-10,12,15,17-18,20-23,26H,8,11,13-14,16H2,1-4H3/b15-12+/t18-,20?,21?,22?,23+,25+/m1/s1. The molecule has 3 nitrogen and oxygen atoms in total. The molecule has 0 spiro atoms. The maximum absolute atomic E-state index is 12.6. The molecule has 2 aliphatic rings. The lowest BCUT2D eigenvalue weighted by Crippen LogP contribution is -2.43. The van der Waals surface area contributed by atoms with Crippen LogP contribution in [0.2, 0.25) is 0 Å². The van der Waals surface area contributed by atoms with Crippen molar-refractivity contribution in [3.8, 4) is 0 Å². The van der Waals surface area contributed by atoms with Crippen molar-refractivity contribution in [2.75, 3.05) is 0 Å². The van der Waals surface area contributed by atoms with Crippen molar-refractivity contribution in [1.82, 2.24) is 0 Å². The molecule has 2 aliphatic carbocycles. The first-order chi connectivity index (χ1) is 13.3. The highest BCUT2D eigenvalue weighted by Gasteiger charge is 2.53. The van der Waals surface area contributed by atoms with Crippen LogP contribution in [0.15, 0.2) is 42.5 Å². The number of fused-ring (bicyclic) bond motifs is 1. The van der Waals surface area contributed by atoms with E-state index in [-0.39, 0.29) is 29.5 Å². The lowest BCUT2D eigenvalue weighted by molar-refractivity contribution is -0.0445. The fourth-order valence-corrected chi connectivity index (χ4v) is 5.59. The lowest BCUT2D eigenvalue weighted by atomic mass is 9.62. The summed E-state index contributed by atoms with van der Waals surface area (Å²) in [6.07, 6.45) is 9.41. The van der Waals surface area contributed by atoms with Crippen LogP contribution in [0.25, 0.3) is 0 Å². The minimum Gasteiger partial charge on any atom is -0.458 e. The topological polar surface area (TPSA) is 46.5 Å². The Bertz CT molecular complexity index is 680. The van der Waals surface area contributed by atoms with Crippen molar-refractivity contribution >= 4 is 5.97 Å². The van der Waals surface area contributed by atoms with Gasteiger partial charge in [-0.2, -0.15) is 0 Å². The van der Waals surface area contributed by atoms with Crippen LogP contribution in [0, 0.1) is 29.1 Å². The van der Waals surface area contributed by atoms with E-state index in [9.17, 15) is 9.90 Å². The minimum atomic E-state index is -0.376. The van der Waals surface area contributed by atoms with Crippen LogP contribution >= 0.6 is 0 Å². The maximum atomic E-state index is 12.6. The summed E-state index contributed by atoms with van der Waals surface area (Å²) in [5.41, 5.74) is 0.843. The van der Waals surface area contributed by atoms with Crippen LogP contribution in [-0.4, -0.2) is 23.3 Å². The van der Waals surface area contributed by atoms with E-state index in [4.69, 9.17) is 4.74 Å². The molecule has 1 N–H and O–H groups in total. The molecule has 0 heterocycles. The molecule has 0 amide bonds. The quantitative estimate of drug-likeness (QED) is 0.510. The average Bonchev–Trinajstić information content (AvgIpc) is 3.04. The monoisotopic (exact) mass is 384 g/mol. The number of ether oxygens (including phenoxy) is 1. The van der Waals surface area contributed by atoms with Crippen LogP contribution in [0.3, 0.4) is 0 Å². The number of aliphatic hydroxyl groups is 1. The third-order valence-electron chi connectivity index (χ3n) is 7.33. The molecule has 2 saturated carbocycles. The molecular weight excluding hydrogens is 348 g/mol. The average molecular weight is 385 g/mol. The summed E-state index contributed by atoms with van der Waals surface area (Å²) < 4.78 is 6.02. The van der Waals surface area contributed by atoms with Crippen LogP contribution in [0.1, 0.15) is 70.2 Å². The van der Waals surface area contributed by atoms with Crippen LogP contribution in [0.4, 0.5) is 0 Å². The molecular formula is C25H36O3. The SMILES string of the molecule is CC(C)C(O)/C=C/[C@@H](C)C1CCC2[C@@H](OC(=O)c3ccccc3)CCC[C@@]12C. The molecule has 1 aromatic carbocycles. The summed E-state index contributed by atoms with van der Waals surface area (Å²) in [7, 11) is 0. The van der Waals surface area contributed by atoms with Gasteiger partial charge >= 0.3 is 5.97 Å². The first kappa shape index (κ1) is 21.1. The zero-order valence-corrected chi connectivity index (χ0v) is 17.8. The Morgan fingerprint density at radius 2 is 1.86 bits per heavy atom. The van der Waals surface area contributed by atoms with Gasteiger partial charge in [-0.1, -0.05) is 58.0 Å². The van der Waals surface area contributed by atoms with E-state index < -0.39 is 0 Å². The van der Waals surface area contributed by atoms with Gasteiger partial charge in [0.1, 0.15) is 6.10 Å². The van der Waals surface area contributed by atoms with Gasteiger partial charge in [0.25, 0.3) is 0 Å². The highest BCUT2D eigenvalue weighted by atomic mass is 16.5. The van der Waals surface area contributed by atoms with Crippen molar-refractivity contribution in [3.05, 3.63) is 48.0 Å². The zero-order chi connectivity index (χ0) is 20.3. The van der Waals surface area contributed by atoms with Gasteiger partial charge in [-0.05, 0) is 67.4 Å². The molecule has 154 valence electrons. The summed E-state index contributed by atoms with van der Waals surface area (Å²) in [6, 6.07) is 9.34. The Balaban J connectivity index is 1.69. The van der Waals surface area contributed by atoms with Gasteiger partial charge in [-0.15, -0.1) is 0 Å². The second-order valence-electron chi connectivity index (χ2n) is 9.48. The normalized spacial score (nSPS) is 32.3. The molecule has 0 radical (unpaired) electrons. The van der Waals surface area contributed by atoms with Gasteiger partial charge in [0, 0.05) is 5.92 Å². The highest BCUT2D eigenvalue weighted by Crippen LogP contribution is 2.58. The first-order valence-corrected chi connectivity index (χ1v) is 11.0. The molecule has 0 saturated heterocycles. The van der Waals surface area contributed by atoms with Crippen molar-refractivity contribution in [2.24, 2.45) is 29.1 Å². The molecule has 0 aliphatic heterocycles. The van der Waals surface area contributed by atoms with Crippen LogP contribution in [0.5, 0.6) is 0 Å². The molecule has 3 unspecified atom stereocenters. The maximum Gasteiger partial charge on any atom is 0.338 e. The number of esters is 1. The molecule has 6 atom stereocenters. The van der Waals surface area contributed by atoms with Gasteiger partial charge in [-0.3, -0.25) is 0 Å². The molecule has 3 heteroatoms. The van der Waals surface area contributed by atoms with Crippen molar-refractivity contribution in [3.63, 3.8) is 0 Å². The Morgan fingerprint density at radius 1 is 1.14 bits per heavy atom. The third kappa shape index (κ3) is 4.35. The second-order valence-corrected chi connectivity index (χ2v) is 9.48. The van der Waals surface area contributed by atoms with Crippen molar-refractivity contribution in [2.45, 2.75) is 72.0 Å². The molecule has 28 heavy (non-hydrogen) atoms. The molecule has 3 rings (SSSR count). The predicted molar refractivity (Wildman–Crippen MR) is 113 cm³/mol. The van der Waals surface area contributed by atoms with Crippen LogP contribution in [-0.2, 0) is 4.74 Å². The molecule has 2 fully saturated rings. The van der Waals surface area contributed by atoms with E-state index in [0.29, 0.717) is 23.3 Å². The summed E-state index contributed by atoms with van der Waals surface area (Å²) in [5, 5.41) is 10.1. The Kier molecular flexibility index (Phi) is 6.65. The van der Waals surface area contributed by atoms with Crippen molar-refractivity contribution in [1.29, 1.82) is 0 Å². The van der Waals surface area contributed by atoms with E-state index in [1.807, 2.05) is 50.3 Å². The van der Waals surface area contributed by atoms with Crippen molar-refractivity contribution < 1.29 is 14.6 Å². The van der Waals surface area contributed by atoms with E-state index in [0.717, 1.165) is 19.3 Å². The fraction of sp³-hybridized carbons (Fsp3) is 0.640. The molecule has 0 aromatic heterocycles. The van der Waals surface area contributed by atoms with Gasteiger partial charge in [0.2, 0.25) is 0 Å². The number of allylic oxidation sites excluding steroid dienone is 1. The first-order valence-electron chi connectivity index (χ1n) is 11.0. The zero-order valence-electron chi connectivity index (χ0n) is 17.8. The van der Waals surface area contributed by atoms with Gasteiger partial charge in [0.05, 0.1) is 11.7 Å². The lowest BCUT2D eigenvalue weighted by Gasteiger charge is -2.45. The summed E-state index contributed by atoms with van der Waals surface area (Å²) in [4.78, 5) is 12.6. The fourth-order valence-electron chi connectivity index (χ4n) is 5.59. The predicted octanol–water partition coefficient (Wildman–Crippen LogP) is 5.64. The van der Waals surface area contributed by atoms with Crippen LogP contribution < -0.4 is 0 Å². The number of carbonyl (C=O) groups is 1. The van der Waals surface area contributed by atoms with Gasteiger partial charge in [0.15, 0.2) is 0 Å². The highest BCUT2D eigenvalue weighted by molar-refractivity contribution is 5.89. The number of carbonyl (C=O) groups excluding carboxylic acids is 1. The Labute approximate surface area is 170 Å². The number of hydrogen-bond acceptors (Lipinski definition) is 3. The number of rotatable bonds is 6. The third-order valence-corrected chi connectivity index (χ3v) is 7.33. The summed E-state index contributed by atoms with van der Waals surface area (Å²) in [5.74, 6) is 1.49. The minimum absolute atomic E-state index is 0.0221. The Morgan fingerprint density at radius 3 is 2.54 bits per heavy atom. The smallest absolute Gasteiger partial charge is 0.338 e. The number of benzene rings is 1.